The van der Waals surface area contributed by atoms with E-state index in [0.29, 0.717) is 6.54 Å². The third-order valence-electron chi connectivity index (χ3n) is 2.59. The van der Waals surface area contributed by atoms with Crippen LogP contribution in [0, 0.1) is 0 Å². The van der Waals surface area contributed by atoms with Gasteiger partial charge < -0.3 is 0 Å². The van der Waals surface area contributed by atoms with Crippen molar-refractivity contribution >= 4 is 10.0 Å². The second-order valence-corrected chi connectivity index (χ2v) is 7.03. The average Bonchev–Trinajstić information content (AvgIpc) is 2.26. The number of hydrogen-bond donors (Lipinski definition) is 0. The van der Waals surface area contributed by atoms with Crippen LogP contribution in [0.2, 0.25) is 0 Å². The lowest BCUT2D eigenvalue weighted by molar-refractivity contribution is 0.344. The Bertz CT molecular complexity index is 441. The van der Waals surface area contributed by atoms with Crippen LogP contribution in [0.1, 0.15) is 33.3 Å². The average molecular weight is 256 g/mol. The molecule has 0 aromatic carbocycles. The maximum absolute atomic E-state index is 12.2. The molecule has 96 valence electrons. The Morgan fingerprint density at radius 3 is 2.12 bits per heavy atom. The molecule has 0 radical (unpaired) electrons. The molecule has 0 saturated heterocycles. The third-order valence-corrected chi connectivity index (χ3v) is 4.98. The van der Waals surface area contributed by atoms with Crippen LogP contribution < -0.4 is 0 Å². The van der Waals surface area contributed by atoms with E-state index in [4.69, 9.17) is 0 Å². The fourth-order valence-corrected chi connectivity index (χ4v) is 2.96. The first kappa shape index (κ1) is 14.1. The lowest BCUT2D eigenvalue weighted by Gasteiger charge is -2.27. The molecule has 0 saturated carbocycles. The molecule has 0 amide bonds. The van der Waals surface area contributed by atoms with Gasteiger partial charge in [0.2, 0.25) is 10.0 Å². The number of hydrogen-bond acceptors (Lipinski definition) is 3. The first-order chi connectivity index (χ1) is 7.85. The van der Waals surface area contributed by atoms with Crippen molar-refractivity contribution in [2.24, 2.45) is 0 Å². The molecule has 0 atom stereocenters. The van der Waals surface area contributed by atoms with Crippen molar-refractivity contribution in [2.75, 3.05) is 0 Å². The van der Waals surface area contributed by atoms with Crippen LogP contribution in [0.5, 0.6) is 0 Å². The summed E-state index contributed by atoms with van der Waals surface area (Å²) in [6.07, 6.45) is 3.35. The highest BCUT2D eigenvalue weighted by atomic mass is 32.2. The molecule has 1 rings (SSSR count). The minimum atomic E-state index is -3.22. The van der Waals surface area contributed by atoms with Gasteiger partial charge in [-0.15, -0.1) is 0 Å². The summed E-state index contributed by atoms with van der Waals surface area (Å²) >= 11 is 0. The van der Waals surface area contributed by atoms with Gasteiger partial charge in [-0.25, -0.2) is 8.42 Å². The monoisotopic (exact) mass is 256 g/mol. The lowest BCUT2D eigenvalue weighted by atomic mass is 10.2. The summed E-state index contributed by atoms with van der Waals surface area (Å²) in [7, 11) is -3.22. The van der Waals surface area contributed by atoms with Gasteiger partial charge in [0.15, 0.2) is 0 Å². The fourth-order valence-electron chi connectivity index (χ4n) is 1.51. The van der Waals surface area contributed by atoms with E-state index < -0.39 is 15.3 Å². The quantitative estimate of drug-likeness (QED) is 0.810. The second-order valence-electron chi connectivity index (χ2n) is 4.59. The van der Waals surface area contributed by atoms with E-state index in [2.05, 4.69) is 4.98 Å². The molecule has 0 spiro atoms. The van der Waals surface area contributed by atoms with Crippen LogP contribution >= 0.6 is 0 Å². The Kier molecular flexibility index (Phi) is 4.65. The molecule has 0 bridgehead atoms. The zero-order chi connectivity index (χ0) is 13.1. The molecule has 1 aromatic rings. The fraction of sp³-hybridized carbons (Fsp3) is 0.583. The number of pyridine rings is 1. The SMILES string of the molecule is CC(C)N(Cc1ccncc1)S(=O)(=O)C(C)C. The highest BCUT2D eigenvalue weighted by Crippen LogP contribution is 2.16. The summed E-state index contributed by atoms with van der Waals surface area (Å²) in [6.45, 7) is 7.59. The smallest absolute Gasteiger partial charge is 0.216 e. The number of rotatable bonds is 5. The van der Waals surface area contributed by atoms with Crippen LogP contribution in [0.4, 0.5) is 0 Å². The standard InChI is InChI=1S/C12H20N2O2S/c1-10(2)14(17(15,16)11(3)4)9-12-5-7-13-8-6-12/h5-8,10-11H,9H2,1-4H3. The van der Waals surface area contributed by atoms with E-state index in [1.54, 1.807) is 26.2 Å². The highest BCUT2D eigenvalue weighted by molar-refractivity contribution is 7.89. The van der Waals surface area contributed by atoms with E-state index in [1.807, 2.05) is 26.0 Å². The van der Waals surface area contributed by atoms with Crippen molar-refractivity contribution in [1.82, 2.24) is 9.29 Å². The summed E-state index contributed by atoms with van der Waals surface area (Å²) in [5, 5.41) is -0.397. The van der Waals surface area contributed by atoms with Gasteiger partial charge in [0.1, 0.15) is 0 Å². The molecule has 0 N–H and O–H groups in total. The summed E-state index contributed by atoms with van der Waals surface area (Å²) in [5.74, 6) is 0. The molecule has 0 unspecified atom stereocenters. The van der Waals surface area contributed by atoms with Gasteiger partial charge in [-0.3, -0.25) is 4.98 Å². The number of nitrogens with zero attached hydrogens (tertiary/aromatic N) is 2. The van der Waals surface area contributed by atoms with E-state index in [9.17, 15) is 8.42 Å². The molecular formula is C12H20N2O2S. The molecule has 0 aliphatic carbocycles. The summed E-state index contributed by atoms with van der Waals surface area (Å²) in [4.78, 5) is 3.93. The van der Waals surface area contributed by atoms with Gasteiger partial charge in [-0.05, 0) is 45.4 Å². The van der Waals surface area contributed by atoms with Crippen molar-refractivity contribution in [1.29, 1.82) is 0 Å². The van der Waals surface area contributed by atoms with Crippen LogP contribution in [0.15, 0.2) is 24.5 Å². The van der Waals surface area contributed by atoms with Crippen molar-refractivity contribution in [3.05, 3.63) is 30.1 Å². The molecular weight excluding hydrogens is 236 g/mol. The van der Waals surface area contributed by atoms with Crippen molar-refractivity contribution in [2.45, 2.75) is 45.5 Å². The van der Waals surface area contributed by atoms with E-state index in [0.717, 1.165) is 5.56 Å². The number of sulfonamides is 1. The van der Waals surface area contributed by atoms with Gasteiger partial charge in [-0.2, -0.15) is 4.31 Å². The molecule has 17 heavy (non-hydrogen) atoms. The first-order valence-electron chi connectivity index (χ1n) is 5.75. The van der Waals surface area contributed by atoms with Crippen molar-refractivity contribution < 1.29 is 8.42 Å². The second kappa shape index (κ2) is 5.60. The van der Waals surface area contributed by atoms with Crippen LogP contribution in [0.25, 0.3) is 0 Å². The Morgan fingerprint density at radius 1 is 1.18 bits per heavy atom. The van der Waals surface area contributed by atoms with E-state index in [1.165, 1.54) is 4.31 Å². The molecule has 0 aliphatic rings. The Labute approximate surface area is 104 Å². The van der Waals surface area contributed by atoms with E-state index >= 15 is 0 Å². The molecule has 4 nitrogen and oxygen atoms in total. The Balaban J connectivity index is 2.97. The molecule has 1 heterocycles. The van der Waals surface area contributed by atoms with Crippen LogP contribution in [-0.4, -0.2) is 29.0 Å². The largest absolute Gasteiger partial charge is 0.265 e. The van der Waals surface area contributed by atoms with Gasteiger partial charge in [0.25, 0.3) is 0 Å². The highest BCUT2D eigenvalue weighted by Gasteiger charge is 2.27. The normalized spacial score (nSPS) is 12.6. The zero-order valence-corrected chi connectivity index (χ0v) is 11.6. The zero-order valence-electron chi connectivity index (χ0n) is 10.8. The number of aromatic nitrogens is 1. The maximum Gasteiger partial charge on any atom is 0.216 e. The predicted molar refractivity (Wildman–Crippen MR) is 69.0 cm³/mol. The summed E-state index contributed by atoms with van der Waals surface area (Å²) < 4.78 is 25.9. The van der Waals surface area contributed by atoms with Gasteiger partial charge >= 0.3 is 0 Å². The van der Waals surface area contributed by atoms with Crippen LogP contribution in [-0.2, 0) is 16.6 Å². The third kappa shape index (κ3) is 3.51. The summed E-state index contributed by atoms with van der Waals surface area (Å²) in [6, 6.07) is 3.63. The van der Waals surface area contributed by atoms with Crippen molar-refractivity contribution in [3.8, 4) is 0 Å². The van der Waals surface area contributed by atoms with E-state index in [-0.39, 0.29) is 6.04 Å². The minimum absolute atomic E-state index is 0.0458. The van der Waals surface area contributed by atoms with Crippen LogP contribution in [0.3, 0.4) is 0 Å². The minimum Gasteiger partial charge on any atom is -0.265 e. The van der Waals surface area contributed by atoms with Crippen molar-refractivity contribution in [3.63, 3.8) is 0 Å². The van der Waals surface area contributed by atoms with Gasteiger partial charge in [-0.1, -0.05) is 0 Å². The first-order valence-corrected chi connectivity index (χ1v) is 7.25. The summed E-state index contributed by atoms with van der Waals surface area (Å²) in [5.41, 5.74) is 0.956. The Morgan fingerprint density at radius 2 is 1.71 bits per heavy atom. The molecule has 0 fully saturated rings. The molecule has 0 aliphatic heterocycles. The predicted octanol–water partition coefficient (Wildman–Crippen LogP) is 2.03. The van der Waals surface area contributed by atoms with Gasteiger partial charge in [0, 0.05) is 25.0 Å². The van der Waals surface area contributed by atoms with Gasteiger partial charge in [0.05, 0.1) is 5.25 Å². The molecule has 1 aromatic heterocycles. The lowest BCUT2D eigenvalue weighted by Crippen LogP contribution is -2.40. The molecule has 5 heteroatoms. The topological polar surface area (TPSA) is 50.3 Å². The maximum atomic E-state index is 12.2. The Hall–Kier alpha value is -0.940.